The van der Waals surface area contributed by atoms with Crippen LogP contribution >= 0.6 is 0 Å². The number of ketones is 1. The van der Waals surface area contributed by atoms with Crippen LogP contribution in [0.4, 0.5) is 0 Å². The molecule has 2 heteroatoms. The third kappa shape index (κ3) is 2.07. The Hall–Kier alpha value is -0.840. The van der Waals surface area contributed by atoms with E-state index in [1.165, 1.54) is 12.8 Å². The quantitative estimate of drug-likeness (QED) is 0.575. The molecule has 1 unspecified atom stereocenters. The second-order valence-electron chi connectivity index (χ2n) is 3.65. The summed E-state index contributed by atoms with van der Waals surface area (Å²) in [5.74, 6) is 0.859. The molecule has 1 fully saturated rings. The summed E-state index contributed by atoms with van der Waals surface area (Å²) < 4.78 is 0. The van der Waals surface area contributed by atoms with E-state index in [-0.39, 0.29) is 18.2 Å². The van der Waals surface area contributed by atoms with E-state index in [2.05, 4.69) is 11.8 Å². The summed E-state index contributed by atoms with van der Waals surface area (Å²) in [4.78, 5) is 14.5. The molecule has 0 saturated heterocycles. The lowest BCUT2D eigenvalue weighted by Crippen LogP contribution is -2.26. The predicted molar refractivity (Wildman–Crippen MR) is 47.6 cm³/mol. The van der Waals surface area contributed by atoms with Gasteiger partial charge in [-0.3, -0.25) is 4.79 Å². The molecular weight excluding hydrogens is 150 g/mol. The fourth-order valence-corrected chi connectivity index (χ4v) is 1.99. The zero-order chi connectivity index (χ0) is 8.97. The lowest BCUT2D eigenvalue weighted by molar-refractivity contribution is -0.123. The Morgan fingerprint density at radius 2 is 2.17 bits per heavy atom. The molecule has 1 aliphatic carbocycles. The predicted octanol–water partition coefficient (Wildman–Crippen LogP) is 2.30. The number of hydrogen-bond acceptors (Lipinski definition) is 1. The van der Waals surface area contributed by atoms with Gasteiger partial charge >= 0.3 is 0 Å². The maximum absolute atomic E-state index is 11.4. The topological polar surface area (TPSA) is 21.4 Å². The molecule has 0 aromatic rings. The van der Waals surface area contributed by atoms with Crippen molar-refractivity contribution in [2.24, 2.45) is 11.8 Å². The molecule has 0 N–H and O–H groups in total. The first kappa shape index (κ1) is 9.25. The first-order valence-corrected chi connectivity index (χ1v) is 4.61. The Morgan fingerprint density at radius 3 is 2.75 bits per heavy atom. The molecule has 1 saturated carbocycles. The summed E-state index contributed by atoms with van der Waals surface area (Å²) in [5.41, 5.74) is 0. The van der Waals surface area contributed by atoms with Crippen LogP contribution in [0.1, 0.15) is 32.6 Å². The van der Waals surface area contributed by atoms with Gasteiger partial charge in [-0.05, 0) is 12.3 Å². The smallest absolute Gasteiger partial charge is 0.272 e. The van der Waals surface area contributed by atoms with E-state index in [9.17, 15) is 4.79 Å². The Bertz CT molecular complexity index is 204. The maximum atomic E-state index is 11.4. The number of nitrogens with zero attached hydrogens (tertiary/aromatic N) is 1. The summed E-state index contributed by atoms with van der Waals surface area (Å²) >= 11 is 0. The highest BCUT2D eigenvalue weighted by Gasteiger charge is 2.28. The average molecular weight is 165 g/mol. The fraction of sp³-hybridized carbons (Fsp3) is 0.800. The molecule has 12 heavy (non-hydrogen) atoms. The van der Waals surface area contributed by atoms with Gasteiger partial charge in [-0.15, -0.1) is 0 Å². The van der Waals surface area contributed by atoms with E-state index in [0.717, 1.165) is 12.8 Å². The van der Waals surface area contributed by atoms with Gasteiger partial charge in [0.15, 0.2) is 0 Å². The Morgan fingerprint density at radius 1 is 1.50 bits per heavy atom. The third-order valence-corrected chi connectivity index (χ3v) is 2.76. The number of hydrogen-bond donors (Lipinski definition) is 0. The lowest BCUT2D eigenvalue weighted by atomic mass is 9.78. The van der Waals surface area contributed by atoms with Gasteiger partial charge in [-0.1, -0.05) is 26.2 Å². The van der Waals surface area contributed by atoms with E-state index in [1.807, 2.05) is 0 Å². The summed E-state index contributed by atoms with van der Waals surface area (Å²) in [5, 5.41) is 0. The second kappa shape index (κ2) is 4.25. The minimum Gasteiger partial charge on any atom is -0.309 e. The first-order valence-electron chi connectivity index (χ1n) is 4.61. The standard InChI is InChI=1S/C10H15NO/c1-8-5-3-4-6-9(8)10(12)7-11-2/h8-9H,3-7H2,1H3/t8-,9?/m1/s1. The molecule has 0 heterocycles. The van der Waals surface area contributed by atoms with Crippen LogP contribution in [0.2, 0.25) is 0 Å². The molecule has 0 aliphatic heterocycles. The van der Waals surface area contributed by atoms with Crippen molar-refractivity contribution in [3.63, 3.8) is 0 Å². The van der Waals surface area contributed by atoms with Crippen LogP contribution < -0.4 is 0 Å². The number of Topliss-reactive ketones (excluding diaryl/α,β-unsaturated/α-hetero) is 1. The molecule has 1 rings (SSSR count). The van der Waals surface area contributed by atoms with E-state index < -0.39 is 0 Å². The molecule has 0 radical (unpaired) electrons. The number of carbonyl (C=O) groups is 1. The zero-order valence-electron chi connectivity index (χ0n) is 7.55. The van der Waals surface area contributed by atoms with Gasteiger partial charge in [-0.2, -0.15) is 0 Å². The molecule has 66 valence electrons. The highest BCUT2D eigenvalue weighted by molar-refractivity contribution is 5.84. The van der Waals surface area contributed by atoms with Gasteiger partial charge < -0.3 is 4.85 Å². The summed E-state index contributed by atoms with van der Waals surface area (Å²) in [6, 6.07) is 0. The molecule has 0 spiro atoms. The molecule has 0 aromatic heterocycles. The highest BCUT2D eigenvalue weighted by atomic mass is 16.1. The molecular formula is C10H15NO. The van der Waals surface area contributed by atoms with Crippen molar-refractivity contribution in [3.05, 3.63) is 11.4 Å². The SMILES string of the molecule is [C-]#[N+]CC(=O)C1CCCC[C@H]1C. The van der Waals surface area contributed by atoms with Gasteiger partial charge in [0.1, 0.15) is 0 Å². The van der Waals surface area contributed by atoms with Gasteiger partial charge in [0, 0.05) is 5.92 Å². The van der Waals surface area contributed by atoms with E-state index in [0.29, 0.717) is 5.92 Å². The number of rotatable bonds is 2. The Balaban J connectivity index is 2.49. The van der Waals surface area contributed by atoms with Gasteiger partial charge in [0.25, 0.3) is 6.54 Å². The molecule has 2 atom stereocenters. The van der Waals surface area contributed by atoms with Crippen molar-refractivity contribution in [3.8, 4) is 0 Å². The highest BCUT2D eigenvalue weighted by Crippen LogP contribution is 2.30. The van der Waals surface area contributed by atoms with Crippen LogP contribution in [0.25, 0.3) is 4.85 Å². The van der Waals surface area contributed by atoms with Gasteiger partial charge in [-0.25, -0.2) is 6.57 Å². The molecule has 0 amide bonds. The van der Waals surface area contributed by atoms with E-state index >= 15 is 0 Å². The van der Waals surface area contributed by atoms with Crippen LogP contribution in [-0.4, -0.2) is 12.3 Å². The molecule has 2 nitrogen and oxygen atoms in total. The van der Waals surface area contributed by atoms with Crippen molar-refractivity contribution in [1.29, 1.82) is 0 Å². The van der Waals surface area contributed by atoms with Crippen LogP contribution in [0.3, 0.4) is 0 Å². The third-order valence-electron chi connectivity index (χ3n) is 2.76. The van der Waals surface area contributed by atoms with Gasteiger partial charge in [0.05, 0.1) is 0 Å². The average Bonchev–Trinajstić information content (AvgIpc) is 2.05. The van der Waals surface area contributed by atoms with Crippen LogP contribution in [0.15, 0.2) is 0 Å². The van der Waals surface area contributed by atoms with Crippen molar-refractivity contribution < 1.29 is 4.79 Å². The molecule has 1 aliphatic rings. The molecule has 0 aromatic carbocycles. The van der Waals surface area contributed by atoms with Crippen LogP contribution in [0.5, 0.6) is 0 Å². The Kier molecular flexibility index (Phi) is 3.28. The van der Waals surface area contributed by atoms with E-state index in [1.54, 1.807) is 0 Å². The van der Waals surface area contributed by atoms with E-state index in [4.69, 9.17) is 6.57 Å². The van der Waals surface area contributed by atoms with Crippen molar-refractivity contribution in [2.45, 2.75) is 32.6 Å². The summed E-state index contributed by atoms with van der Waals surface area (Å²) in [7, 11) is 0. The van der Waals surface area contributed by atoms with Crippen molar-refractivity contribution >= 4 is 5.78 Å². The van der Waals surface area contributed by atoms with Crippen molar-refractivity contribution in [1.82, 2.24) is 0 Å². The lowest BCUT2D eigenvalue weighted by Gasteiger charge is -2.25. The van der Waals surface area contributed by atoms with Crippen LogP contribution in [0, 0.1) is 18.4 Å². The normalized spacial score (nSPS) is 29.3. The summed E-state index contributed by atoms with van der Waals surface area (Å²) in [6.45, 7) is 8.84. The monoisotopic (exact) mass is 165 g/mol. The summed E-state index contributed by atoms with van der Waals surface area (Å²) in [6.07, 6.45) is 4.59. The van der Waals surface area contributed by atoms with Crippen LogP contribution in [-0.2, 0) is 4.79 Å². The first-order chi connectivity index (χ1) is 5.75. The second-order valence-corrected chi connectivity index (χ2v) is 3.65. The zero-order valence-corrected chi connectivity index (χ0v) is 7.55. The largest absolute Gasteiger partial charge is 0.309 e. The Labute approximate surface area is 73.8 Å². The molecule has 0 bridgehead atoms. The van der Waals surface area contributed by atoms with Gasteiger partial charge in [0.2, 0.25) is 5.78 Å². The van der Waals surface area contributed by atoms with Crippen molar-refractivity contribution in [2.75, 3.05) is 6.54 Å². The number of carbonyl (C=O) groups excluding carboxylic acids is 1. The maximum Gasteiger partial charge on any atom is 0.272 e. The fourth-order valence-electron chi connectivity index (χ4n) is 1.99. The minimum atomic E-state index is 0.0923. The minimum absolute atomic E-state index is 0.0923.